The van der Waals surface area contributed by atoms with Crippen LogP contribution in [-0.2, 0) is 6.54 Å². The van der Waals surface area contributed by atoms with E-state index in [0.29, 0.717) is 17.1 Å². The minimum Gasteiger partial charge on any atom is -0.385 e. The molecule has 0 unspecified atom stereocenters. The summed E-state index contributed by atoms with van der Waals surface area (Å²) < 4.78 is 47.4. The highest BCUT2D eigenvalue weighted by atomic mass is 19.3. The van der Waals surface area contributed by atoms with Crippen LogP contribution >= 0.6 is 0 Å². The fourth-order valence-corrected chi connectivity index (χ4v) is 3.43. The van der Waals surface area contributed by atoms with Gasteiger partial charge in [-0.15, -0.1) is 10.0 Å². The smallest absolute Gasteiger partial charge is 0.229 e. The maximum atomic E-state index is 13.5. The lowest BCUT2D eigenvalue weighted by Gasteiger charge is -2.27. The van der Waals surface area contributed by atoms with Gasteiger partial charge in [0.2, 0.25) is 6.93 Å². The Kier molecular flexibility index (Phi) is 8.87. The summed E-state index contributed by atoms with van der Waals surface area (Å²) in [6.45, 7) is 3.59. The Morgan fingerprint density at radius 2 is 1.82 bits per heavy atom. The van der Waals surface area contributed by atoms with Crippen LogP contribution in [0.3, 0.4) is 0 Å². The lowest BCUT2D eigenvalue weighted by molar-refractivity contribution is 0.295. The average molecular weight is 471 g/mol. The standard InChI is InChI=1S/C16H20F2N8.C4H8.CH2F2/c1-19-13-10-26(18)22-15(13)12-8-14-11(9-21-12)16(23-25(14)5-2-17)24-6-3-20-4-7-24;1-4-2-3-4;2-1-3/h8-10,19-20H,2-7H2,1H3;4H,2-3H2,1H3;1H2. The number of rotatable bonds is 5. The lowest BCUT2D eigenvalue weighted by Crippen LogP contribution is -2.43. The number of fused-ring (bicyclic) bond motifs is 1. The number of alkyl halides is 3. The van der Waals surface area contributed by atoms with E-state index in [1.165, 1.54) is 19.0 Å². The number of hydrogen-bond acceptors (Lipinski definition) is 6. The quantitative estimate of drug-likeness (QED) is 0.554. The van der Waals surface area contributed by atoms with Crippen LogP contribution in [0.25, 0.3) is 22.3 Å². The number of anilines is 2. The van der Waals surface area contributed by atoms with Crippen LogP contribution in [0.2, 0.25) is 0 Å². The topological polar surface area (TPSA) is 75.8 Å². The van der Waals surface area contributed by atoms with E-state index in [1.807, 2.05) is 0 Å². The van der Waals surface area contributed by atoms with E-state index >= 15 is 0 Å². The normalized spacial score (nSPS) is 15.5. The Morgan fingerprint density at radius 1 is 1.15 bits per heavy atom. The van der Waals surface area contributed by atoms with E-state index < -0.39 is 13.6 Å². The summed E-state index contributed by atoms with van der Waals surface area (Å²) >= 11 is 0. The summed E-state index contributed by atoms with van der Waals surface area (Å²) in [5, 5.41) is 15.5. The van der Waals surface area contributed by atoms with Crippen LogP contribution < -0.4 is 15.5 Å². The second kappa shape index (κ2) is 11.8. The van der Waals surface area contributed by atoms with Gasteiger partial charge < -0.3 is 15.5 Å². The van der Waals surface area contributed by atoms with Gasteiger partial charge in [0.15, 0.2) is 5.82 Å². The zero-order chi connectivity index (χ0) is 23.8. The zero-order valence-electron chi connectivity index (χ0n) is 18.9. The zero-order valence-corrected chi connectivity index (χ0v) is 18.9. The Labute approximate surface area is 189 Å². The van der Waals surface area contributed by atoms with E-state index in [9.17, 15) is 17.7 Å². The molecule has 3 aromatic heterocycles. The van der Waals surface area contributed by atoms with Gasteiger partial charge in [0.1, 0.15) is 12.4 Å². The molecule has 0 bridgehead atoms. The molecule has 0 spiro atoms. The summed E-state index contributed by atoms with van der Waals surface area (Å²) in [6, 6.07) is 1.78. The molecule has 2 N–H and O–H groups in total. The number of halogens is 4. The highest BCUT2D eigenvalue weighted by molar-refractivity contribution is 5.92. The Hall–Kier alpha value is -2.89. The van der Waals surface area contributed by atoms with Crippen molar-refractivity contribution in [1.82, 2.24) is 30.1 Å². The molecule has 12 heteroatoms. The van der Waals surface area contributed by atoms with E-state index in [4.69, 9.17) is 0 Å². The lowest BCUT2D eigenvalue weighted by atomic mass is 10.2. The molecule has 0 atom stereocenters. The molecule has 2 fully saturated rings. The maximum absolute atomic E-state index is 13.5. The molecule has 2 aliphatic rings. The van der Waals surface area contributed by atoms with E-state index in [2.05, 4.69) is 37.6 Å². The average Bonchev–Trinajstić information content (AvgIpc) is 3.39. The van der Waals surface area contributed by atoms with Crippen molar-refractivity contribution < 1.29 is 17.7 Å². The number of piperazine rings is 1. The summed E-state index contributed by atoms with van der Waals surface area (Å²) in [4.78, 5) is 6.88. The first-order chi connectivity index (χ1) is 16.0. The van der Waals surface area contributed by atoms with Crippen molar-refractivity contribution in [2.24, 2.45) is 5.92 Å². The largest absolute Gasteiger partial charge is 0.385 e. The third-order valence-corrected chi connectivity index (χ3v) is 5.39. The molecule has 8 nitrogen and oxygen atoms in total. The maximum Gasteiger partial charge on any atom is 0.229 e. The molecule has 4 heterocycles. The van der Waals surface area contributed by atoms with Gasteiger partial charge in [-0.25, -0.2) is 13.2 Å². The molecule has 1 aliphatic heterocycles. The first-order valence-corrected chi connectivity index (χ1v) is 11.0. The van der Waals surface area contributed by atoms with Crippen molar-refractivity contribution in [2.75, 3.05) is 57.0 Å². The predicted molar refractivity (Wildman–Crippen MR) is 121 cm³/mol. The van der Waals surface area contributed by atoms with E-state index in [0.717, 1.165) is 48.8 Å². The molecule has 1 saturated heterocycles. The highest BCUT2D eigenvalue weighted by Crippen LogP contribution is 2.31. The second-order valence-corrected chi connectivity index (χ2v) is 7.87. The van der Waals surface area contributed by atoms with Crippen LogP contribution in [0.1, 0.15) is 19.8 Å². The van der Waals surface area contributed by atoms with Gasteiger partial charge in [-0.3, -0.25) is 9.67 Å². The van der Waals surface area contributed by atoms with E-state index in [1.54, 1.807) is 24.0 Å². The number of aromatic nitrogens is 5. The number of nitrogens with zero attached hydrogens (tertiary/aromatic N) is 6. The van der Waals surface area contributed by atoms with Crippen LogP contribution in [0, 0.1) is 5.92 Å². The fraction of sp³-hybridized carbons (Fsp3) is 0.571. The van der Waals surface area contributed by atoms with Gasteiger partial charge in [-0.05, 0) is 12.0 Å². The first-order valence-electron chi connectivity index (χ1n) is 11.0. The highest BCUT2D eigenvalue weighted by Gasteiger charge is 2.21. The Bertz CT molecular complexity index is 1010. The number of aryl methyl sites for hydroxylation is 1. The molecular formula is C21H30F4N8. The molecule has 33 heavy (non-hydrogen) atoms. The number of hydrogen-bond donors (Lipinski definition) is 2. The Morgan fingerprint density at radius 3 is 2.39 bits per heavy atom. The summed E-state index contributed by atoms with van der Waals surface area (Å²) in [7, 11) is 1.69. The number of nitrogens with one attached hydrogen (secondary N) is 2. The monoisotopic (exact) mass is 470 g/mol. The van der Waals surface area contributed by atoms with Crippen molar-refractivity contribution in [1.29, 1.82) is 0 Å². The van der Waals surface area contributed by atoms with Crippen molar-refractivity contribution in [3.05, 3.63) is 18.5 Å². The third-order valence-electron chi connectivity index (χ3n) is 5.39. The van der Waals surface area contributed by atoms with Gasteiger partial charge in [0, 0.05) is 39.4 Å². The molecule has 0 radical (unpaired) electrons. The van der Waals surface area contributed by atoms with Crippen molar-refractivity contribution in [3.63, 3.8) is 0 Å². The molecule has 5 rings (SSSR count). The summed E-state index contributed by atoms with van der Waals surface area (Å²) in [6.07, 6.45) is 5.92. The third kappa shape index (κ3) is 6.34. The van der Waals surface area contributed by atoms with Crippen LogP contribution in [0.4, 0.5) is 29.2 Å². The molecule has 1 saturated carbocycles. The SMILES string of the molecule is CC1CC1.CNc1cn(F)nc1-c1cc2c(cn1)c(N1CCNCC1)nn2CCF.FCF. The molecule has 182 valence electrons. The molecule has 1 aliphatic carbocycles. The van der Waals surface area contributed by atoms with Crippen LogP contribution in [0.15, 0.2) is 18.5 Å². The fourth-order valence-electron chi connectivity index (χ4n) is 3.43. The van der Waals surface area contributed by atoms with Gasteiger partial charge in [-0.2, -0.15) is 5.10 Å². The second-order valence-electron chi connectivity index (χ2n) is 7.87. The van der Waals surface area contributed by atoms with Crippen molar-refractivity contribution in [3.8, 4) is 11.4 Å². The van der Waals surface area contributed by atoms with Gasteiger partial charge >= 0.3 is 0 Å². The van der Waals surface area contributed by atoms with Gasteiger partial charge in [-0.1, -0.05) is 24.2 Å². The van der Waals surface area contributed by atoms with Crippen LogP contribution in [0.5, 0.6) is 0 Å². The van der Waals surface area contributed by atoms with Gasteiger partial charge in [0.05, 0.1) is 35.0 Å². The molecule has 0 amide bonds. The van der Waals surface area contributed by atoms with Gasteiger partial charge in [0.25, 0.3) is 0 Å². The van der Waals surface area contributed by atoms with Crippen molar-refractivity contribution in [2.45, 2.75) is 26.3 Å². The minimum atomic E-state index is -1.75. The summed E-state index contributed by atoms with van der Waals surface area (Å²) in [5.41, 5.74) is 2.19. The number of pyridine rings is 1. The first kappa shape index (κ1) is 24.7. The van der Waals surface area contributed by atoms with Crippen LogP contribution in [-0.4, -0.2) is 71.6 Å². The summed E-state index contributed by atoms with van der Waals surface area (Å²) in [5.74, 6) is 1.89. The molecule has 0 aromatic carbocycles. The predicted octanol–water partition coefficient (Wildman–Crippen LogP) is 3.75. The molecule has 3 aromatic rings. The van der Waals surface area contributed by atoms with Crippen molar-refractivity contribution >= 4 is 22.4 Å². The Balaban J connectivity index is 0.000000380. The molecular weight excluding hydrogens is 440 g/mol. The van der Waals surface area contributed by atoms with E-state index in [-0.39, 0.29) is 11.4 Å². The minimum absolute atomic E-state index is 0.155.